The number of halogens is 1. The van der Waals surface area contributed by atoms with Crippen molar-refractivity contribution in [3.63, 3.8) is 0 Å². The van der Waals surface area contributed by atoms with Gasteiger partial charge in [-0.2, -0.15) is 0 Å². The summed E-state index contributed by atoms with van der Waals surface area (Å²) in [7, 11) is 0. The SMILES string of the molecule is [2H]C1([2H])CC([2H])([2H])C(C(N)=O)C2=C1c1cc(Cl)c(C)cc1C2. The Kier molecular flexibility index (Phi) is 1.84. The van der Waals surface area contributed by atoms with Gasteiger partial charge in [0.05, 0.1) is 5.92 Å². The summed E-state index contributed by atoms with van der Waals surface area (Å²) in [6.07, 6.45) is -3.89. The smallest absolute Gasteiger partial charge is 0.224 e. The molecule has 2 aliphatic rings. The summed E-state index contributed by atoms with van der Waals surface area (Å²) in [5.41, 5.74) is 8.70. The number of carbonyl (C=O) groups is 1. The first-order valence-electron chi connectivity index (χ1n) is 7.87. The number of amides is 1. The maximum absolute atomic E-state index is 11.8. The molecule has 1 aromatic rings. The molecule has 0 fully saturated rings. The monoisotopic (exact) mass is 265 g/mol. The largest absolute Gasteiger partial charge is 0.369 e. The van der Waals surface area contributed by atoms with Crippen molar-refractivity contribution in [1.29, 1.82) is 0 Å². The van der Waals surface area contributed by atoms with E-state index >= 15 is 0 Å². The number of benzene rings is 1. The van der Waals surface area contributed by atoms with Crippen LogP contribution in [-0.2, 0) is 11.2 Å². The van der Waals surface area contributed by atoms with Gasteiger partial charge in [-0.05, 0) is 66.4 Å². The molecule has 18 heavy (non-hydrogen) atoms. The summed E-state index contributed by atoms with van der Waals surface area (Å²) >= 11 is 6.16. The molecule has 1 amide bonds. The molecule has 0 heterocycles. The zero-order valence-corrected chi connectivity index (χ0v) is 10.8. The summed E-state index contributed by atoms with van der Waals surface area (Å²) in [5, 5.41) is 0.535. The second-order valence-electron chi connectivity index (χ2n) is 4.73. The molecule has 0 radical (unpaired) electrons. The molecule has 0 aliphatic heterocycles. The first kappa shape index (κ1) is 8.00. The highest BCUT2D eigenvalue weighted by atomic mass is 35.5. The normalized spacial score (nSPS) is 30.7. The number of primary amides is 1. The lowest BCUT2D eigenvalue weighted by molar-refractivity contribution is -0.121. The minimum absolute atomic E-state index is 0.343. The van der Waals surface area contributed by atoms with Gasteiger partial charge in [0, 0.05) is 10.5 Å². The second kappa shape index (κ2) is 4.13. The Morgan fingerprint density at radius 1 is 1.56 bits per heavy atom. The number of fused-ring (bicyclic) bond motifs is 2. The maximum atomic E-state index is 11.8. The van der Waals surface area contributed by atoms with Crippen LogP contribution in [0.2, 0.25) is 5.02 Å². The summed E-state index contributed by atoms with van der Waals surface area (Å²) in [5.74, 6) is -1.85. The van der Waals surface area contributed by atoms with E-state index in [0.29, 0.717) is 28.2 Å². The average molecular weight is 266 g/mol. The molecular formula is C15H16ClNO. The van der Waals surface area contributed by atoms with Gasteiger partial charge in [0.2, 0.25) is 5.91 Å². The van der Waals surface area contributed by atoms with E-state index in [1.54, 1.807) is 6.07 Å². The molecule has 1 unspecified atom stereocenters. The van der Waals surface area contributed by atoms with Crippen LogP contribution in [0.25, 0.3) is 5.57 Å². The lowest BCUT2D eigenvalue weighted by Gasteiger charge is -2.22. The zero-order chi connectivity index (χ0) is 16.4. The first-order chi connectivity index (χ1) is 10.0. The number of hydrogen-bond acceptors (Lipinski definition) is 1. The lowest BCUT2D eigenvalue weighted by Crippen LogP contribution is -2.27. The Morgan fingerprint density at radius 2 is 2.33 bits per heavy atom. The van der Waals surface area contributed by atoms with Gasteiger partial charge in [0.25, 0.3) is 0 Å². The molecular weight excluding hydrogens is 246 g/mol. The van der Waals surface area contributed by atoms with Crippen LogP contribution in [0.5, 0.6) is 0 Å². The molecule has 3 rings (SSSR count). The highest BCUT2D eigenvalue weighted by Crippen LogP contribution is 2.45. The second-order valence-corrected chi connectivity index (χ2v) is 5.14. The van der Waals surface area contributed by atoms with E-state index in [2.05, 4.69) is 0 Å². The topological polar surface area (TPSA) is 43.1 Å². The maximum Gasteiger partial charge on any atom is 0.224 e. The van der Waals surface area contributed by atoms with Crippen LogP contribution in [0.3, 0.4) is 0 Å². The van der Waals surface area contributed by atoms with Crippen LogP contribution in [0.1, 0.15) is 41.3 Å². The van der Waals surface area contributed by atoms with E-state index in [-0.39, 0.29) is 0 Å². The van der Waals surface area contributed by atoms with E-state index in [4.69, 9.17) is 22.8 Å². The molecule has 0 saturated heterocycles. The number of aryl methyl sites for hydroxylation is 1. The molecule has 1 atom stereocenters. The molecule has 94 valence electrons. The summed E-state index contributed by atoms with van der Waals surface area (Å²) in [4.78, 5) is 11.8. The fourth-order valence-electron chi connectivity index (χ4n) is 2.68. The number of rotatable bonds is 1. The van der Waals surface area contributed by atoms with Gasteiger partial charge in [-0.25, -0.2) is 0 Å². The number of carbonyl (C=O) groups excluding carboxylic acids is 1. The Morgan fingerprint density at radius 3 is 3.06 bits per heavy atom. The minimum atomic E-state index is -1.99. The predicted octanol–water partition coefficient (Wildman–Crippen LogP) is 3.24. The molecule has 1 aromatic carbocycles. The fourth-order valence-corrected chi connectivity index (χ4v) is 2.84. The van der Waals surface area contributed by atoms with Crippen molar-refractivity contribution in [3.8, 4) is 0 Å². The highest BCUT2D eigenvalue weighted by molar-refractivity contribution is 6.31. The Hall–Kier alpha value is -1.28. The highest BCUT2D eigenvalue weighted by Gasteiger charge is 2.33. The predicted molar refractivity (Wildman–Crippen MR) is 73.3 cm³/mol. The number of nitrogens with two attached hydrogens (primary N) is 1. The summed E-state index contributed by atoms with van der Waals surface area (Å²) in [6.45, 7) is 1.86. The standard InChI is InChI=1S/C15H16ClNO/c1-8-5-9-6-13-10(12(9)7-14(8)16)3-2-4-11(13)15(17)18/h5,7,11H,2-4,6H2,1H3,(H2,17,18)/i3D2,4D2. The molecule has 3 heteroatoms. The molecule has 2 nitrogen and oxygen atoms in total. The van der Waals surface area contributed by atoms with Crippen molar-refractivity contribution in [2.45, 2.75) is 32.5 Å². The summed E-state index contributed by atoms with van der Waals surface area (Å²) in [6, 6.07) is 3.59. The van der Waals surface area contributed by atoms with E-state index in [0.717, 1.165) is 11.1 Å². The molecule has 0 spiro atoms. The van der Waals surface area contributed by atoms with Gasteiger partial charge in [0.1, 0.15) is 0 Å². The van der Waals surface area contributed by atoms with Crippen molar-refractivity contribution >= 4 is 23.1 Å². The third-order valence-electron chi connectivity index (χ3n) is 3.56. The van der Waals surface area contributed by atoms with Crippen LogP contribution in [0.15, 0.2) is 17.7 Å². The van der Waals surface area contributed by atoms with E-state index < -0.39 is 31.0 Å². The number of hydrogen-bond donors (Lipinski definition) is 1. The van der Waals surface area contributed by atoms with Gasteiger partial charge in [0.15, 0.2) is 0 Å². The minimum Gasteiger partial charge on any atom is -0.369 e. The molecule has 0 bridgehead atoms. The van der Waals surface area contributed by atoms with Gasteiger partial charge < -0.3 is 5.73 Å². The fraction of sp³-hybridized carbons (Fsp3) is 0.400. The first-order valence-corrected chi connectivity index (χ1v) is 6.24. The Labute approximate surface area is 117 Å². The van der Waals surface area contributed by atoms with Gasteiger partial charge in [-0.3, -0.25) is 4.79 Å². The third kappa shape index (κ3) is 1.67. The molecule has 2 N–H and O–H groups in total. The van der Waals surface area contributed by atoms with Crippen LogP contribution in [0.4, 0.5) is 0 Å². The van der Waals surface area contributed by atoms with E-state index in [1.165, 1.54) is 0 Å². The Balaban J connectivity index is 2.26. The van der Waals surface area contributed by atoms with Gasteiger partial charge >= 0.3 is 0 Å². The van der Waals surface area contributed by atoms with Crippen molar-refractivity contribution in [2.75, 3.05) is 0 Å². The third-order valence-corrected chi connectivity index (χ3v) is 3.97. The van der Waals surface area contributed by atoms with Crippen LogP contribution >= 0.6 is 11.6 Å². The van der Waals surface area contributed by atoms with E-state index in [1.807, 2.05) is 13.0 Å². The van der Waals surface area contributed by atoms with Crippen molar-refractivity contribution in [3.05, 3.63) is 39.4 Å². The van der Waals surface area contributed by atoms with Crippen LogP contribution in [-0.4, -0.2) is 5.91 Å². The van der Waals surface area contributed by atoms with Crippen molar-refractivity contribution < 1.29 is 10.3 Å². The van der Waals surface area contributed by atoms with E-state index in [9.17, 15) is 4.79 Å². The van der Waals surface area contributed by atoms with Crippen molar-refractivity contribution in [1.82, 2.24) is 0 Å². The lowest BCUT2D eigenvalue weighted by atomic mass is 9.82. The van der Waals surface area contributed by atoms with Crippen molar-refractivity contribution in [2.24, 2.45) is 11.7 Å². The zero-order valence-electron chi connectivity index (χ0n) is 14.0. The Bertz CT molecular complexity index is 726. The molecule has 0 saturated carbocycles. The van der Waals surface area contributed by atoms with Crippen LogP contribution < -0.4 is 5.73 Å². The number of allylic oxidation sites excluding steroid dienone is 1. The van der Waals surface area contributed by atoms with Gasteiger partial charge in [-0.1, -0.05) is 17.7 Å². The van der Waals surface area contributed by atoms with Gasteiger partial charge in [-0.15, -0.1) is 0 Å². The van der Waals surface area contributed by atoms with Crippen LogP contribution in [0, 0.1) is 12.8 Å². The average Bonchev–Trinajstić information content (AvgIpc) is 2.65. The quantitative estimate of drug-likeness (QED) is 0.832. The summed E-state index contributed by atoms with van der Waals surface area (Å²) < 4.78 is 32.7. The molecule has 0 aromatic heterocycles. The molecule has 2 aliphatic carbocycles.